The molecule has 0 aromatic carbocycles. The Bertz CT molecular complexity index is 507. The number of carbonyl (C=O) groups excluding carboxylic acids is 1. The van der Waals surface area contributed by atoms with Crippen LogP contribution in [0.25, 0.3) is 0 Å². The van der Waals surface area contributed by atoms with Crippen LogP contribution in [-0.2, 0) is 0 Å². The van der Waals surface area contributed by atoms with Crippen LogP contribution in [-0.4, -0.2) is 34.3 Å². The molecule has 0 radical (unpaired) electrons. The summed E-state index contributed by atoms with van der Waals surface area (Å²) in [6.07, 6.45) is 5.11. The fourth-order valence-corrected chi connectivity index (χ4v) is 3.46. The SMILES string of the molecule is CC(C)(C)CC(C)(C)NC(=O)c1ccn(C2CCCNC2)n1. The third kappa shape index (κ3) is 4.83. The Morgan fingerprint density at radius 1 is 1.41 bits per heavy atom. The van der Waals surface area contributed by atoms with Crippen LogP contribution in [0.4, 0.5) is 0 Å². The Morgan fingerprint density at radius 2 is 2.14 bits per heavy atom. The van der Waals surface area contributed by atoms with Crippen LogP contribution >= 0.6 is 0 Å². The number of aromatic nitrogens is 2. The summed E-state index contributed by atoms with van der Waals surface area (Å²) in [5.74, 6) is -0.0863. The number of piperidine rings is 1. The molecule has 1 aliphatic heterocycles. The molecule has 2 heterocycles. The molecule has 5 nitrogen and oxygen atoms in total. The van der Waals surface area contributed by atoms with E-state index in [2.05, 4.69) is 50.4 Å². The van der Waals surface area contributed by atoms with E-state index in [9.17, 15) is 4.79 Å². The fourth-order valence-electron chi connectivity index (χ4n) is 3.46. The predicted octanol–water partition coefficient (Wildman–Crippen LogP) is 2.75. The second-order valence-corrected chi connectivity index (χ2v) is 8.26. The molecule has 1 aromatic rings. The van der Waals surface area contributed by atoms with E-state index < -0.39 is 0 Å². The van der Waals surface area contributed by atoms with Gasteiger partial charge in [-0.05, 0) is 51.1 Å². The first kappa shape index (κ1) is 17.0. The quantitative estimate of drug-likeness (QED) is 0.899. The highest BCUT2D eigenvalue weighted by Gasteiger charge is 2.28. The lowest BCUT2D eigenvalue weighted by Gasteiger charge is -2.33. The number of nitrogens with one attached hydrogen (secondary N) is 2. The smallest absolute Gasteiger partial charge is 0.272 e. The van der Waals surface area contributed by atoms with E-state index in [1.807, 2.05) is 16.9 Å². The second-order valence-electron chi connectivity index (χ2n) is 8.26. The third-order valence-corrected chi connectivity index (χ3v) is 3.91. The Kier molecular flexibility index (Phi) is 4.95. The van der Waals surface area contributed by atoms with Crippen molar-refractivity contribution in [1.29, 1.82) is 0 Å². The molecule has 1 saturated heterocycles. The van der Waals surface area contributed by atoms with Gasteiger partial charge in [0.25, 0.3) is 5.91 Å². The van der Waals surface area contributed by atoms with Crippen LogP contribution in [0.15, 0.2) is 12.3 Å². The van der Waals surface area contributed by atoms with E-state index in [1.54, 1.807) is 0 Å². The minimum atomic E-state index is -0.245. The average molecular weight is 306 g/mol. The van der Waals surface area contributed by atoms with Crippen molar-refractivity contribution in [3.8, 4) is 0 Å². The molecule has 1 unspecified atom stereocenters. The van der Waals surface area contributed by atoms with Crippen LogP contribution in [0.2, 0.25) is 0 Å². The molecule has 1 aromatic heterocycles. The first-order valence-electron chi connectivity index (χ1n) is 8.25. The second kappa shape index (κ2) is 6.41. The van der Waals surface area contributed by atoms with Crippen molar-refractivity contribution < 1.29 is 4.79 Å². The number of nitrogens with zero attached hydrogens (tertiary/aromatic N) is 2. The largest absolute Gasteiger partial charge is 0.346 e. The molecule has 2 N–H and O–H groups in total. The highest BCUT2D eigenvalue weighted by molar-refractivity contribution is 5.92. The van der Waals surface area contributed by atoms with Crippen molar-refractivity contribution in [2.75, 3.05) is 13.1 Å². The number of hydrogen-bond acceptors (Lipinski definition) is 3. The summed E-state index contributed by atoms with van der Waals surface area (Å²) in [6, 6.07) is 2.18. The highest BCUT2D eigenvalue weighted by atomic mass is 16.2. The molecule has 1 aliphatic rings. The van der Waals surface area contributed by atoms with Crippen molar-refractivity contribution in [1.82, 2.24) is 20.4 Å². The molecule has 0 spiro atoms. The zero-order valence-electron chi connectivity index (χ0n) is 14.6. The van der Waals surface area contributed by atoms with Gasteiger partial charge in [0.05, 0.1) is 6.04 Å². The van der Waals surface area contributed by atoms with Crippen LogP contribution in [0.1, 0.15) is 70.4 Å². The van der Waals surface area contributed by atoms with Crippen molar-refractivity contribution in [2.45, 2.75) is 65.5 Å². The first-order chi connectivity index (χ1) is 10.2. The van der Waals surface area contributed by atoms with Gasteiger partial charge in [-0.1, -0.05) is 20.8 Å². The lowest BCUT2D eigenvalue weighted by molar-refractivity contribution is 0.0885. The van der Waals surface area contributed by atoms with Crippen molar-refractivity contribution in [3.05, 3.63) is 18.0 Å². The third-order valence-electron chi connectivity index (χ3n) is 3.91. The molecule has 22 heavy (non-hydrogen) atoms. The van der Waals surface area contributed by atoms with Gasteiger partial charge in [-0.15, -0.1) is 0 Å². The highest BCUT2D eigenvalue weighted by Crippen LogP contribution is 2.27. The van der Waals surface area contributed by atoms with Crippen LogP contribution in [0.3, 0.4) is 0 Å². The molecule has 2 rings (SSSR count). The Hall–Kier alpha value is -1.36. The van der Waals surface area contributed by atoms with Crippen LogP contribution < -0.4 is 10.6 Å². The first-order valence-corrected chi connectivity index (χ1v) is 8.25. The van der Waals surface area contributed by atoms with Gasteiger partial charge in [-0.3, -0.25) is 9.48 Å². The molecular formula is C17H30N4O. The van der Waals surface area contributed by atoms with E-state index in [1.165, 1.54) is 0 Å². The molecule has 0 aliphatic carbocycles. The van der Waals surface area contributed by atoms with E-state index in [4.69, 9.17) is 0 Å². The van der Waals surface area contributed by atoms with Gasteiger partial charge in [0.1, 0.15) is 5.69 Å². The minimum absolute atomic E-state index is 0.0863. The van der Waals surface area contributed by atoms with Crippen LogP contribution in [0.5, 0.6) is 0 Å². The number of amides is 1. The predicted molar refractivity (Wildman–Crippen MR) is 89.0 cm³/mol. The average Bonchev–Trinajstić information content (AvgIpc) is 2.85. The zero-order chi connectivity index (χ0) is 16.4. The summed E-state index contributed by atoms with van der Waals surface area (Å²) in [4.78, 5) is 12.4. The lowest BCUT2D eigenvalue weighted by Crippen LogP contribution is -2.46. The van der Waals surface area contributed by atoms with Crippen molar-refractivity contribution in [2.24, 2.45) is 5.41 Å². The number of carbonyl (C=O) groups is 1. The zero-order valence-corrected chi connectivity index (χ0v) is 14.6. The molecule has 0 bridgehead atoms. The summed E-state index contributed by atoms with van der Waals surface area (Å²) in [7, 11) is 0. The molecule has 124 valence electrons. The summed E-state index contributed by atoms with van der Waals surface area (Å²) < 4.78 is 1.93. The summed E-state index contributed by atoms with van der Waals surface area (Å²) in [6.45, 7) is 12.7. The summed E-state index contributed by atoms with van der Waals surface area (Å²) in [5.41, 5.74) is 0.433. The maximum absolute atomic E-state index is 12.4. The maximum Gasteiger partial charge on any atom is 0.272 e. The number of hydrogen-bond donors (Lipinski definition) is 2. The van der Waals surface area contributed by atoms with Gasteiger partial charge in [0, 0.05) is 18.3 Å². The Morgan fingerprint density at radius 3 is 2.73 bits per heavy atom. The van der Waals surface area contributed by atoms with Gasteiger partial charge in [-0.2, -0.15) is 5.10 Å². The van der Waals surface area contributed by atoms with Crippen molar-refractivity contribution in [3.63, 3.8) is 0 Å². The van der Waals surface area contributed by atoms with Crippen molar-refractivity contribution >= 4 is 5.91 Å². The molecule has 0 saturated carbocycles. The Balaban J connectivity index is 1.99. The van der Waals surface area contributed by atoms with Gasteiger partial charge in [-0.25, -0.2) is 0 Å². The maximum atomic E-state index is 12.4. The van der Waals surface area contributed by atoms with E-state index in [-0.39, 0.29) is 16.9 Å². The van der Waals surface area contributed by atoms with Crippen LogP contribution in [0, 0.1) is 5.41 Å². The van der Waals surface area contributed by atoms with Gasteiger partial charge < -0.3 is 10.6 Å². The minimum Gasteiger partial charge on any atom is -0.346 e. The molecule has 1 amide bonds. The van der Waals surface area contributed by atoms with Gasteiger partial charge >= 0.3 is 0 Å². The molecule has 1 fully saturated rings. The molecular weight excluding hydrogens is 276 g/mol. The Labute approximate surface area is 133 Å². The number of rotatable bonds is 4. The van der Waals surface area contributed by atoms with E-state index in [0.717, 1.165) is 32.4 Å². The molecule has 1 atom stereocenters. The standard InChI is InChI=1S/C17H30N4O/c1-16(2,3)12-17(4,5)19-15(22)14-8-10-21(20-14)13-7-6-9-18-11-13/h8,10,13,18H,6-7,9,11-12H2,1-5H3,(H,19,22). The van der Waals surface area contributed by atoms with Gasteiger partial charge in [0.15, 0.2) is 0 Å². The topological polar surface area (TPSA) is 59.0 Å². The fraction of sp³-hybridized carbons (Fsp3) is 0.765. The van der Waals surface area contributed by atoms with E-state index in [0.29, 0.717) is 11.7 Å². The normalized spacial score (nSPS) is 20.0. The monoisotopic (exact) mass is 306 g/mol. The van der Waals surface area contributed by atoms with Gasteiger partial charge in [0.2, 0.25) is 0 Å². The summed E-state index contributed by atoms with van der Waals surface area (Å²) in [5, 5.41) is 11.0. The summed E-state index contributed by atoms with van der Waals surface area (Å²) >= 11 is 0. The molecule has 5 heteroatoms. The van der Waals surface area contributed by atoms with E-state index >= 15 is 0 Å². The lowest BCUT2D eigenvalue weighted by atomic mass is 9.82.